The maximum Gasteiger partial charge on any atom is 0.255 e. The van der Waals surface area contributed by atoms with Gasteiger partial charge in [-0.1, -0.05) is 12.1 Å². The first-order valence-electron chi connectivity index (χ1n) is 5.85. The highest BCUT2D eigenvalue weighted by molar-refractivity contribution is 9.10. The molecule has 0 spiro atoms. The highest BCUT2D eigenvalue weighted by Crippen LogP contribution is 2.24. The van der Waals surface area contributed by atoms with E-state index in [0.29, 0.717) is 31.2 Å². The smallest absolute Gasteiger partial charge is 0.255 e. The van der Waals surface area contributed by atoms with Crippen molar-refractivity contribution in [2.45, 2.75) is 13.0 Å². The highest BCUT2D eigenvalue weighted by Gasteiger charge is 2.28. The van der Waals surface area contributed by atoms with Crippen LogP contribution in [0.5, 0.6) is 0 Å². The SMILES string of the molecule is Cc1cccc(C(=O)N2CCOCC2CCl)c1Br. The topological polar surface area (TPSA) is 29.5 Å². The number of rotatable bonds is 2. The van der Waals surface area contributed by atoms with Gasteiger partial charge in [-0.25, -0.2) is 0 Å². The van der Waals surface area contributed by atoms with Gasteiger partial charge in [-0.15, -0.1) is 11.6 Å². The fourth-order valence-corrected chi connectivity index (χ4v) is 2.71. The summed E-state index contributed by atoms with van der Waals surface area (Å²) in [4.78, 5) is 14.3. The van der Waals surface area contributed by atoms with Crippen LogP contribution in [0.1, 0.15) is 15.9 Å². The molecule has 1 aromatic rings. The fraction of sp³-hybridized carbons (Fsp3) is 0.462. The van der Waals surface area contributed by atoms with Crippen LogP contribution >= 0.6 is 27.5 Å². The van der Waals surface area contributed by atoms with E-state index in [4.69, 9.17) is 16.3 Å². The van der Waals surface area contributed by atoms with Gasteiger partial charge in [-0.05, 0) is 34.5 Å². The predicted molar refractivity (Wildman–Crippen MR) is 75.2 cm³/mol. The lowest BCUT2D eigenvalue weighted by Crippen LogP contribution is -2.49. The molecule has 1 aromatic carbocycles. The summed E-state index contributed by atoms with van der Waals surface area (Å²) in [6.45, 7) is 3.65. The third kappa shape index (κ3) is 2.71. The maximum absolute atomic E-state index is 12.5. The molecular weight excluding hydrogens is 318 g/mol. The average molecular weight is 333 g/mol. The van der Waals surface area contributed by atoms with Crippen molar-refractivity contribution >= 4 is 33.4 Å². The molecule has 1 saturated heterocycles. The number of ether oxygens (including phenoxy) is 1. The van der Waals surface area contributed by atoms with E-state index < -0.39 is 0 Å². The Labute approximate surface area is 120 Å². The van der Waals surface area contributed by atoms with E-state index in [9.17, 15) is 4.79 Å². The van der Waals surface area contributed by atoms with Crippen LogP contribution in [0.15, 0.2) is 22.7 Å². The zero-order valence-electron chi connectivity index (χ0n) is 10.2. The second-order valence-electron chi connectivity index (χ2n) is 4.32. The Balaban J connectivity index is 2.27. The third-order valence-corrected chi connectivity index (χ3v) is 4.50. The predicted octanol–water partition coefficient (Wildman–Crippen LogP) is 2.84. The second-order valence-corrected chi connectivity index (χ2v) is 5.42. The Morgan fingerprint density at radius 1 is 1.61 bits per heavy atom. The summed E-state index contributed by atoms with van der Waals surface area (Å²) in [6.07, 6.45) is 0. The summed E-state index contributed by atoms with van der Waals surface area (Å²) in [7, 11) is 0. The number of hydrogen-bond acceptors (Lipinski definition) is 2. The monoisotopic (exact) mass is 331 g/mol. The summed E-state index contributed by atoms with van der Waals surface area (Å²) in [5.74, 6) is 0.411. The molecule has 0 bridgehead atoms. The molecule has 98 valence electrons. The summed E-state index contributed by atoms with van der Waals surface area (Å²) in [5.41, 5.74) is 1.74. The van der Waals surface area contributed by atoms with Gasteiger partial charge in [0.15, 0.2) is 0 Å². The van der Waals surface area contributed by atoms with Crippen molar-refractivity contribution in [3.63, 3.8) is 0 Å². The van der Waals surface area contributed by atoms with Crippen molar-refractivity contribution in [3.05, 3.63) is 33.8 Å². The lowest BCUT2D eigenvalue weighted by molar-refractivity contribution is 0.00450. The molecule has 1 fully saturated rings. The van der Waals surface area contributed by atoms with Crippen molar-refractivity contribution in [2.75, 3.05) is 25.6 Å². The number of halogens is 2. The molecule has 1 unspecified atom stereocenters. The van der Waals surface area contributed by atoms with Crippen LogP contribution < -0.4 is 0 Å². The molecule has 0 radical (unpaired) electrons. The van der Waals surface area contributed by atoms with Gasteiger partial charge in [-0.2, -0.15) is 0 Å². The second kappa shape index (κ2) is 6.04. The van der Waals surface area contributed by atoms with Gasteiger partial charge >= 0.3 is 0 Å². The molecule has 0 saturated carbocycles. The molecule has 0 aliphatic carbocycles. The van der Waals surface area contributed by atoms with Gasteiger partial charge in [0.2, 0.25) is 0 Å². The largest absolute Gasteiger partial charge is 0.377 e. The molecule has 3 nitrogen and oxygen atoms in total. The summed E-state index contributed by atoms with van der Waals surface area (Å²) in [6, 6.07) is 5.66. The minimum atomic E-state index is -0.0414. The van der Waals surface area contributed by atoms with Crippen LogP contribution in [-0.4, -0.2) is 42.5 Å². The molecule has 0 N–H and O–H groups in total. The molecule has 5 heteroatoms. The zero-order valence-corrected chi connectivity index (χ0v) is 12.5. The van der Waals surface area contributed by atoms with E-state index in [1.54, 1.807) is 4.90 Å². The van der Waals surface area contributed by atoms with Gasteiger partial charge in [0, 0.05) is 16.9 Å². The number of hydrogen-bond donors (Lipinski definition) is 0. The number of nitrogens with zero attached hydrogens (tertiary/aromatic N) is 1. The molecule has 18 heavy (non-hydrogen) atoms. The standard InChI is InChI=1S/C13H15BrClNO2/c1-9-3-2-4-11(12(9)14)13(17)16-5-6-18-8-10(16)7-15/h2-4,10H,5-8H2,1H3. The van der Waals surface area contributed by atoms with Crippen molar-refractivity contribution in [1.82, 2.24) is 4.90 Å². The molecule has 1 heterocycles. The summed E-state index contributed by atoms with van der Waals surface area (Å²) < 4.78 is 6.21. The Morgan fingerprint density at radius 2 is 2.39 bits per heavy atom. The number of alkyl halides is 1. The Kier molecular flexibility index (Phi) is 4.65. The summed E-state index contributed by atoms with van der Waals surface area (Å²) in [5, 5.41) is 0. The molecule has 1 atom stereocenters. The summed E-state index contributed by atoms with van der Waals surface area (Å²) >= 11 is 9.37. The molecule has 1 aliphatic heterocycles. The first kappa shape index (κ1) is 13.8. The first-order valence-corrected chi connectivity index (χ1v) is 7.17. The highest BCUT2D eigenvalue weighted by atomic mass is 79.9. The third-order valence-electron chi connectivity index (χ3n) is 3.09. The number of morpholine rings is 1. The molecule has 2 rings (SSSR count). The Bertz CT molecular complexity index is 453. The average Bonchev–Trinajstić information content (AvgIpc) is 2.41. The van der Waals surface area contributed by atoms with Crippen LogP contribution in [0.25, 0.3) is 0 Å². The number of carbonyl (C=O) groups is 1. The van der Waals surface area contributed by atoms with Crippen molar-refractivity contribution in [2.24, 2.45) is 0 Å². The number of aryl methyl sites for hydroxylation is 1. The van der Waals surface area contributed by atoms with E-state index >= 15 is 0 Å². The van der Waals surface area contributed by atoms with Gasteiger partial charge in [0.1, 0.15) is 0 Å². The van der Waals surface area contributed by atoms with E-state index in [2.05, 4.69) is 15.9 Å². The lowest BCUT2D eigenvalue weighted by atomic mass is 10.1. The van der Waals surface area contributed by atoms with Crippen molar-refractivity contribution < 1.29 is 9.53 Å². The van der Waals surface area contributed by atoms with Gasteiger partial charge < -0.3 is 9.64 Å². The Hall–Kier alpha value is -0.580. The van der Waals surface area contributed by atoms with E-state index in [1.165, 1.54) is 0 Å². The van der Waals surface area contributed by atoms with Gasteiger partial charge in [0.25, 0.3) is 5.91 Å². The minimum absolute atomic E-state index is 0.0134. The first-order chi connectivity index (χ1) is 8.65. The van der Waals surface area contributed by atoms with Gasteiger partial charge in [-0.3, -0.25) is 4.79 Å². The maximum atomic E-state index is 12.5. The van der Waals surface area contributed by atoms with E-state index in [0.717, 1.165) is 10.0 Å². The molecular formula is C13H15BrClNO2. The Morgan fingerprint density at radius 3 is 3.11 bits per heavy atom. The van der Waals surface area contributed by atoms with Crippen LogP contribution in [0.2, 0.25) is 0 Å². The van der Waals surface area contributed by atoms with Crippen LogP contribution in [-0.2, 0) is 4.74 Å². The van der Waals surface area contributed by atoms with Crippen LogP contribution in [0, 0.1) is 6.92 Å². The number of amides is 1. The fourth-order valence-electron chi connectivity index (χ4n) is 2.02. The number of benzene rings is 1. The molecule has 0 aromatic heterocycles. The van der Waals surface area contributed by atoms with Crippen LogP contribution in [0.3, 0.4) is 0 Å². The van der Waals surface area contributed by atoms with Crippen molar-refractivity contribution in [1.29, 1.82) is 0 Å². The molecule has 1 amide bonds. The number of carbonyl (C=O) groups excluding carboxylic acids is 1. The van der Waals surface area contributed by atoms with Crippen molar-refractivity contribution in [3.8, 4) is 0 Å². The van der Waals surface area contributed by atoms with E-state index in [1.807, 2.05) is 25.1 Å². The van der Waals surface area contributed by atoms with E-state index in [-0.39, 0.29) is 11.9 Å². The zero-order chi connectivity index (χ0) is 13.1. The van der Waals surface area contributed by atoms with Crippen LogP contribution in [0.4, 0.5) is 0 Å². The quantitative estimate of drug-likeness (QED) is 0.780. The van der Waals surface area contributed by atoms with Gasteiger partial charge in [0.05, 0.1) is 24.8 Å². The lowest BCUT2D eigenvalue weighted by Gasteiger charge is -2.34. The minimum Gasteiger partial charge on any atom is -0.377 e. The molecule has 1 aliphatic rings. The normalized spacial score (nSPS) is 19.9.